The third kappa shape index (κ3) is 3.52. The maximum atomic E-state index is 5.49. The highest BCUT2D eigenvalue weighted by molar-refractivity contribution is 7.98. The Morgan fingerprint density at radius 3 is 2.69 bits per heavy atom. The summed E-state index contributed by atoms with van der Waals surface area (Å²) >= 11 is 1.59. The number of hydrogen-bond acceptors (Lipinski definition) is 6. The summed E-state index contributed by atoms with van der Waals surface area (Å²) in [5.41, 5.74) is 3.75. The van der Waals surface area contributed by atoms with Gasteiger partial charge in [0.25, 0.3) is 0 Å². The second-order valence-electron chi connectivity index (χ2n) is 5.58. The van der Waals surface area contributed by atoms with Crippen LogP contribution in [0.25, 0.3) is 16.9 Å². The Bertz CT molecular complexity index is 1000. The van der Waals surface area contributed by atoms with Crippen LogP contribution in [0.15, 0.2) is 66.1 Å². The SMILES string of the molecule is CCOc1ccc(-c2ccc3nnc(SCc4cccnc4)n3n2)cc1. The first kappa shape index (κ1) is 16.5. The molecule has 7 heteroatoms. The first-order valence-corrected chi connectivity index (χ1v) is 9.29. The fraction of sp³-hybridized carbons (Fsp3) is 0.158. The van der Waals surface area contributed by atoms with Crippen molar-refractivity contribution in [1.82, 2.24) is 24.8 Å². The summed E-state index contributed by atoms with van der Waals surface area (Å²) in [7, 11) is 0. The summed E-state index contributed by atoms with van der Waals surface area (Å²) in [5, 5.41) is 13.9. The number of benzene rings is 1. The number of fused-ring (bicyclic) bond motifs is 1. The van der Waals surface area contributed by atoms with Crippen molar-refractivity contribution in [2.45, 2.75) is 17.8 Å². The van der Waals surface area contributed by atoms with Gasteiger partial charge in [0.2, 0.25) is 5.16 Å². The van der Waals surface area contributed by atoms with E-state index in [0.29, 0.717) is 6.61 Å². The Balaban J connectivity index is 1.59. The maximum Gasteiger partial charge on any atom is 0.212 e. The molecule has 0 saturated heterocycles. The normalized spacial score (nSPS) is 11.0. The first-order chi connectivity index (χ1) is 12.8. The third-order valence-corrected chi connectivity index (χ3v) is 4.78. The lowest BCUT2D eigenvalue weighted by molar-refractivity contribution is 0.340. The van der Waals surface area contributed by atoms with Crippen molar-refractivity contribution in [1.29, 1.82) is 0 Å². The van der Waals surface area contributed by atoms with Gasteiger partial charge in [-0.3, -0.25) is 4.98 Å². The molecular formula is C19H17N5OS. The Morgan fingerprint density at radius 2 is 1.92 bits per heavy atom. The predicted molar refractivity (Wildman–Crippen MR) is 101 cm³/mol. The van der Waals surface area contributed by atoms with E-state index in [1.165, 1.54) is 0 Å². The molecule has 0 aliphatic carbocycles. The maximum absolute atomic E-state index is 5.49. The van der Waals surface area contributed by atoms with E-state index in [1.54, 1.807) is 22.5 Å². The van der Waals surface area contributed by atoms with Gasteiger partial charge in [-0.25, -0.2) is 0 Å². The number of pyridine rings is 1. The Labute approximate surface area is 155 Å². The quantitative estimate of drug-likeness (QED) is 0.485. The van der Waals surface area contributed by atoms with Gasteiger partial charge in [-0.1, -0.05) is 17.8 Å². The standard InChI is InChI=1S/C19H17N5OS/c1-2-25-16-7-5-15(6-8-16)17-9-10-18-21-22-19(24(18)23-17)26-13-14-4-3-11-20-12-14/h3-12H,2,13H2,1H3. The van der Waals surface area contributed by atoms with E-state index in [1.807, 2.05) is 61.7 Å². The summed E-state index contributed by atoms with van der Waals surface area (Å²) < 4.78 is 7.28. The van der Waals surface area contributed by atoms with Crippen LogP contribution in [-0.4, -0.2) is 31.4 Å². The molecule has 3 aromatic heterocycles. The minimum Gasteiger partial charge on any atom is -0.494 e. The number of nitrogens with zero attached hydrogens (tertiary/aromatic N) is 5. The molecule has 0 aliphatic heterocycles. The van der Waals surface area contributed by atoms with E-state index in [9.17, 15) is 0 Å². The van der Waals surface area contributed by atoms with Crippen molar-refractivity contribution in [2.75, 3.05) is 6.61 Å². The molecule has 0 spiro atoms. The fourth-order valence-electron chi connectivity index (χ4n) is 2.53. The highest BCUT2D eigenvalue weighted by Gasteiger charge is 2.10. The lowest BCUT2D eigenvalue weighted by Gasteiger charge is -2.05. The summed E-state index contributed by atoms with van der Waals surface area (Å²) in [5.74, 6) is 1.62. The summed E-state index contributed by atoms with van der Waals surface area (Å²) in [6, 6.07) is 15.8. The van der Waals surface area contributed by atoms with Crippen LogP contribution in [0.2, 0.25) is 0 Å². The van der Waals surface area contributed by atoms with Crippen LogP contribution >= 0.6 is 11.8 Å². The van der Waals surface area contributed by atoms with E-state index in [4.69, 9.17) is 9.84 Å². The Morgan fingerprint density at radius 1 is 1.04 bits per heavy atom. The van der Waals surface area contributed by atoms with Crippen molar-refractivity contribution < 1.29 is 4.74 Å². The predicted octanol–water partition coefficient (Wildman–Crippen LogP) is 3.88. The van der Waals surface area contributed by atoms with Crippen molar-refractivity contribution in [3.8, 4) is 17.0 Å². The first-order valence-electron chi connectivity index (χ1n) is 8.31. The van der Waals surface area contributed by atoms with Gasteiger partial charge in [0, 0.05) is 23.7 Å². The Kier molecular flexibility index (Phi) is 4.79. The number of aromatic nitrogens is 5. The molecule has 0 amide bonds. The average molecular weight is 363 g/mol. The molecule has 0 atom stereocenters. The van der Waals surface area contributed by atoms with Crippen molar-refractivity contribution >= 4 is 17.4 Å². The summed E-state index contributed by atoms with van der Waals surface area (Å²) in [4.78, 5) is 4.14. The van der Waals surface area contributed by atoms with Gasteiger partial charge >= 0.3 is 0 Å². The van der Waals surface area contributed by atoms with Crippen molar-refractivity contribution in [3.05, 3.63) is 66.5 Å². The van der Waals surface area contributed by atoms with Crippen LogP contribution in [-0.2, 0) is 5.75 Å². The topological polar surface area (TPSA) is 65.2 Å². The zero-order valence-corrected chi connectivity index (χ0v) is 15.1. The van der Waals surface area contributed by atoms with Gasteiger partial charge in [-0.05, 0) is 55.0 Å². The zero-order chi connectivity index (χ0) is 17.8. The number of hydrogen-bond donors (Lipinski definition) is 0. The molecule has 130 valence electrons. The van der Waals surface area contributed by atoms with Crippen molar-refractivity contribution in [3.63, 3.8) is 0 Å². The number of thioether (sulfide) groups is 1. The third-order valence-electron chi connectivity index (χ3n) is 3.79. The van der Waals surface area contributed by atoms with Gasteiger partial charge in [0.1, 0.15) is 5.75 Å². The molecule has 0 saturated carbocycles. The van der Waals surface area contributed by atoms with Gasteiger partial charge in [0.05, 0.1) is 12.3 Å². The second kappa shape index (κ2) is 7.53. The molecule has 6 nitrogen and oxygen atoms in total. The molecule has 0 N–H and O–H groups in total. The van der Waals surface area contributed by atoms with Crippen LogP contribution in [0, 0.1) is 0 Å². The van der Waals surface area contributed by atoms with Crippen LogP contribution in [0.1, 0.15) is 12.5 Å². The van der Waals surface area contributed by atoms with Crippen LogP contribution in [0.3, 0.4) is 0 Å². The highest BCUT2D eigenvalue weighted by atomic mass is 32.2. The minimum absolute atomic E-state index is 0.655. The molecule has 3 heterocycles. The van der Waals surface area contributed by atoms with Crippen molar-refractivity contribution in [2.24, 2.45) is 0 Å². The fourth-order valence-corrected chi connectivity index (χ4v) is 3.35. The largest absolute Gasteiger partial charge is 0.494 e. The van der Waals surface area contributed by atoms with Crippen LogP contribution in [0.5, 0.6) is 5.75 Å². The summed E-state index contributed by atoms with van der Waals surface area (Å²) in [6.45, 7) is 2.63. The van der Waals surface area contributed by atoms with E-state index in [-0.39, 0.29) is 0 Å². The van der Waals surface area contributed by atoms with Crippen LogP contribution < -0.4 is 4.74 Å². The molecule has 0 unspecified atom stereocenters. The lowest BCUT2D eigenvalue weighted by Crippen LogP contribution is -1.97. The monoisotopic (exact) mass is 363 g/mol. The molecular weight excluding hydrogens is 346 g/mol. The smallest absolute Gasteiger partial charge is 0.212 e. The molecule has 0 radical (unpaired) electrons. The second-order valence-corrected chi connectivity index (χ2v) is 6.52. The van der Waals surface area contributed by atoms with E-state index >= 15 is 0 Å². The van der Waals surface area contributed by atoms with Gasteiger partial charge in [-0.15, -0.1) is 10.2 Å². The van der Waals surface area contributed by atoms with E-state index < -0.39 is 0 Å². The van der Waals surface area contributed by atoms with Gasteiger partial charge in [-0.2, -0.15) is 9.61 Å². The van der Waals surface area contributed by atoms with Crippen LogP contribution in [0.4, 0.5) is 0 Å². The Hall–Kier alpha value is -2.93. The molecule has 0 bridgehead atoms. The molecule has 1 aromatic carbocycles. The number of ether oxygens (including phenoxy) is 1. The van der Waals surface area contributed by atoms with E-state index in [2.05, 4.69) is 15.2 Å². The van der Waals surface area contributed by atoms with E-state index in [0.717, 1.165) is 39.1 Å². The lowest BCUT2D eigenvalue weighted by atomic mass is 10.1. The molecule has 26 heavy (non-hydrogen) atoms. The van der Waals surface area contributed by atoms with Gasteiger partial charge < -0.3 is 4.74 Å². The van der Waals surface area contributed by atoms with Gasteiger partial charge in [0.15, 0.2) is 5.65 Å². The molecule has 0 aliphatic rings. The minimum atomic E-state index is 0.655. The highest BCUT2D eigenvalue weighted by Crippen LogP contribution is 2.24. The zero-order valence-electron chi connectivity index (χ0n) is 14.2. The molecule has 4 aromatic rings. The molecule has 4 rings (SSSR count). The summed E-state index contributed by atoms with van der Waals surface area (Å²) in [6.07, 6.45) is 3.63. The number of rotatable bonds is 6. The average Bonchev–Trinajstić information content (AvgIpc) is 3.10. The molecule has 0 fully saturated rings.